The molecule has 234 valence electrons. The molecule has 0 aromatic carbocycles. The van der Waals surface area contributed by atoms with Crippen molar-refractivity contribution in [3.63, 3.8) is 0 Å². The van der Waals surface area contributed by atoms with Crippen LogP contribution in [0.25, 0.3) is 22.3 Å². The number of imidazole rings is 2. The molecule has 4 aromatic heterocycles. The molecule has 2 aliphatic rings. The van der Waals surface area contributed by atoms with Crippen molar-refractivity contribution in [2.75, 3.05) is 37.9 Å². The smallest absolute Gasteiger partial charge is 0.327 e. The highest BCUT2D eigenvalue weighted by atomic mass is 32.5. The molecular weight excluding hydrogens is 630 g/mol. The van der Waals surface area contributed by atoms with E-state index in [2.05, 4.69) is 35.8 Å². The molecule has 0 radical (unpaired) electrons. The number of H-pyrrole nitrogens is 1. The van der Waals surface area contributed by atoms with Crippen molar-refractivity contribution >= 4 is 52.6 Å². The number of nitrogens with two attached hydrogens (primary N) is 2. The van der Waals surface area contributed by atoms with Crippen LogP contribution in [-0.4, -0.2) is 110 Å². The standard InChI is InChI=1S/C22H24FN10O9PS/c1-2-20(18(36)21(37,5-40-20)32-8-28-11-14(24)26-7-27-15(11)32)4-41-43(38,44)42-22(6-39-10(3-34)13(22)23)33-9-29-12-16(33)30-19(25)31-17(12)35/h1,7-10,13,18,34,36-37H,3-6H2,(H,38,44)(H2,24,26,27)(H3,25,30,31,35)/t10-,13+,18-,20-,21-,22-,43?/m1/s1. The highest BCUT2D eigenvalue weighted by Gasteiger charge is 2.61. The van der Waals surface area contributed by atoms with Gasteiger partial charge in [0.25, 0.3) is 5.56 Å². The van der Waals surface area contributed by atoms with E-state index in [-0.39, 0.29) is 34.1 Å². The molecular formula is C22H24FN10O9PS. The highest BCUT2D eigenvalue weighted by molar-refractivity contribution is 8.07. The second-order valence-corrected chi connectivity index (χ2v) is 12.8. The first-order valence-corrected chi connectivity index (χ1v) is 15.1. The van der Waals surface area contributed by atoms with Gasteiger partial charge in [0, 0.05) is 0 Å². The molecule has 7 atom stereocenters. The van der Waals surface area contributed by atoms with E-state index in [4.69, 9.17) is 48.2 Å². The first-order chi connectivity index (χ1) is 20.8. The number of hydrogen-bond donors (Lipinski definition) is 7. The maximum Gasteiger partial charge on any atom is 0.327 e. The lowest BCUT2D eigenvalue weighted by atomic mass is 9.93. The number of anilines is 2. The van der Waals surface area contributed by atoms with Crippen LogP contribution in [-0.2, 0) is 41.8 Å². The number of terminal acetylenes is 1. The quantitative estimate of drug-likeness (QED) is 0.0744. The molecule has 44 heavy (non-hydrogen) atoms. The molecule has 2 fully saturated rings. The van der Waals surface area contributed by atoms with Gasteiger partial charge >= 0.3 is 6.72 Å². The number of halogens is 1. The summed E-state index contributed by atoms with van der Waals surface area (Å²) in [5.41, 5.74) is 3.69. The minimum atomic E-state index is -4.59. The Kier molecular flexibility index (Phi) is 7.21. The maximum absolute atomic E-state index is 15.9. The third-order valence-electron chi connectivity index (χ3n) is 7.44. The summed E-state index contributed by atoms with van der Waals surface area (Å²) in [5, 5.41) is 32.4. The van der Waals surface area contributed by atoms with E-state index in [0.717, 1.165) is 28.1 Å². The largest absolute Gasteiger partial charge is 0.394 e. The molecule has 19 nitrogen and oxygen atoms in total. The van der Waals surface area contributed by atoms with Crippen LogP contribution in [0.15, 0.2) is 23.8 Å². The van der Waals surface area contributed by atoms with Crippen LogP contribution in [0, 0.1) is 12.3 Å². The number of ether oxygens (including phenoxy) is 2. The number of nitrogens with zero attached hydrogens (tertiary/aromatic N) is 7. The molecule has 0 saturated carbocycles. The molecule has 1 unspecified atom stereocenters. The molecule has 4 aromatic rings. The summed E-state index contributed by atoms with van der Waals surface area (Å²) in [7, 11) is 0. The van der Waals surface area contributed by atoms with E-state index < -0.39 is 74.1 Å². The van der Waals surface area contributed by atoms with Crippen LogP contribution >= 0.6 is 6.72 Å². The SMILES string of the molecule is C#C[C@]1(COP(O)(=S)O[C@]2(n3cnc4c(=O)[nH]c(N)nc43)CO[C@H](CO)[C@@H]2F)OC[C@](O)(n2cnc3c(N)ncnc32)[C@@H]1O. The van der Waals surface area contributed by atoms with E-state index in [1.165, 1.54) is 0 Å². The Hall–Kier alpha value is -3.68. The summed E-state index contributed by atoms with van der Waals surface area (Å²) in [6, 6.07) is 0. The predicted molar refractivity (Wildman–Crippen MR) is 149 cm³/mol. The Morgan fingerprint density at radius 1 is 1.23 bits per heavy atom. The molecule has 0 amide bonds. The van der Waals surface area contributed by atoms with Crippen LogP contribution in [0.3, 0.4) is 0 Å². The number of nitrogens with one attached hydrogen (secondary N) is 1. The monoisotopic (exact) mass is 654 g/mol. The van der Waals surface area contributed by atoms with Crippen molar-refractivity contribution in [1.82, 2.24) is 39.0 Å². The van der Waals surface area contributed by atoms with Gasteiger partial charge in [-0.05, 0) is 11.8 Å². The lowest BCUT2D eigenvalue weighted by molar-refractivity contribution is -0.119. The van der Waals surface area contributed by atoms with Gasteiger partial charge in [-0.2, -0.15) is 4.98 Å². The first-order valence-electron chi connectivity index (χ1n) is 12.5. The van der Waals surface area contributed by atoms with Crippen molar-refractivity contribution in [2.45, 2.75) is 35.4 Å². The van der Waals surface area contributed by atoms with Crippen LogP contribution in [0.4, 0.5) is 16.2 Å². The summed E-state index contributed by atoms with van der Waals surface area (Å²) in [6.45, 7) is -7.50. The third-order valence-corrected chi connectivity index (χ3v) is 8.98. The fraction of sp³-hybridized carbons (Fsp3) is 0.455. The Morgan fingerprint density at radius 2 is 1.95 bits per heavy atom. The van der Waals surface area contributed by atoms with Crippen LogP contribution in [0.2, 0.25) is 0 Å². The van der Waals surface area contributed by atoms with E-state index in [1.807, 2.05) is 0 Å². The van der Waals surface area contributed by atoms with Gasteiger partial charge in [0.15, 0.2) is 40.1 Å². The number of aromatic amines is 1. The van der Waals surface area contributed by atoms with E-state index >= 15 is 4.39 Å². The van der Waals surface area contributed by atoms with Crippen molar-refractivity contribution in [1.29, 1.82) is 0 Å². The average molecular weight is 655 g/mol. The summed E-state index contributed by atoms with van der Waals surface area (Å²) in [4.78, 5) is 45.7. The van der Waals surface area contributed by atoms with Crippen molar-refractivity contribution in [3.8, 4) is 12.3 Å². The van der Waals surface area contributed by atoms with Crippen LogP contribution in [0.5, 0.6) is 0 Å². The molecule has 2 aliphatic heterocycles. The Morgan fingerprint density at radius 3 is 2.66 bits per heavy atom. The van der Waals surface area contributed by atoms with E-state index in [1.54, 1.807) is 0 Å². The van der Waals surface area contributed by atoms with Gasteiger partial charge in [0.1, 0.15) is 24.1 Å². The maximum atomic E-state index is 15.9. The summed E-state index contributed by atoms with van der Waals surface area (Å²) >= 11 is 5.19. The average Bonchev–Trinajstić information content (AvgIpc) is 3.74. The molecule has 6 heterocycles. The highest BCUT2D eigenvalue weighted by Crippen LogP contribution is 2.54. The minimum absolute atomic E-state index is 0.0167. The fourth-order valence-electron chi connectivity index (χ4n) is 5.14. The number of fused-ring (bicyclic) bond motifs is 2. The topological polar surface area (TPSA) is 277 Å². The van der Waals surface area contributed by atoms with Crippen LogP contribution < -0.4 is 17.0 Å². The number of aliphatic hydroxyl groups is 3. The van der Waals surface area contributed by atoms with E-state index in [0.29, 0.717) is 0 Å². The van der Waals surface area contributed by atoms with Gasteiger partial charge in [0.2, 0.25) is 11.7 Å². The van der Waals surface area contributed by atoms with Crippen molar-refractivity contribution in [3.05, 3.63) is 29.3 Å². The Bertz CT molecular complexity index is 1920. The van der Waals surface area contributed by atoms with Crippen LogP contribution in [0.1, 0.15) is 0 Å². The predicted octanol–water partition coefficient (Wildman–Crippen LogP) is -2.84. The lowest BCUT2D eigenvalue weighted by Gasteiger charge is -2.36. The fourth-order valence-corrected chi connectivity index (χ4v) is 6.74. The van der Waals surface area contributed by atoms with Gasteiger partial charge in [-0.3, -0.25) is 23.4 Å². The van der Waals surface area contributed by atoms with Gasteiger partial charge in [-0.1, -0.05) is 5.92 Å². The summed E-state index contributed by atoms with van der Waals surface area (Å²) < 4.78 is 40.1. The second kappa shape index (κ2) is 10.5. The zero-order chi connectivity index (χ0) is 31.7. The first kappa shape index (κ1) is 30.4. The Balaban J connectivity index is 1.31. The Labute approximate surface area is 249 Å². The lowest BCUT2D eigenvalue weighted by Crippen LogP contribution is -2.53. The van der Waals surface area contributed by atoms with Gasteiger partial charge in [0.05, 0.1) is 39.1 Å². The molecule has 2 saturated heterocycles. The van der Waals surface area contributed by atoms with Crippen molar-refractivity contribution in [2.24, 2.45) is 0 Å². The van der Waals surface area contributed by atoms with E-state index in [9.17, 15) is 25.0 Å². The van der Waals surface area contributed by atoms with Gasteiger partial charge < -0.3 is 45.7 Å². The van der Waals surface area contributed by atoms with Crippen molar-refractivity contribution < 1.29 is 43.1 Å². The van der Waals surface area contributed by atoms with Gasteiger partial charge in [-0.15, -0.1) is 6.42 Å². The number of hydrogen-bond acceptors (Lipinski definition) is 16. The minimum Gasteiger partial charge on any atom is -0.394 e. The second-order valence-electron chi connectivity index (χ2n) is 10.00. The zero-order valence-corrected chi connectivity index (χ0v) is 23.9. The normalized spacial score (nSPS) is 31.9. The van der Waals surface area contributed by atoms with Gasteiger partial charge in [-0.25, -0.2) is 24.3 Å². The number of nitrogen functional groups attached to an aromatic ring is 2. The number of aliphatic hydroxyl groups excluding tert-OH is 2. The summed E-state index contributed by atoms with van der Waals surface area (Å²) in [6.07, 6.45) is 3.38. The molecule has 6 rings (SSSR count). The third kappa shape index (κ3) is 4.47. The molecule has 0 spiro atoms. The zero-order valence-electron chi connectivity index (χ0n) is 22.2. The summed E-state index contributed by atoms with van der Waals surface area (Å²) in [5.74, 6) is 1.90. The number of aromatic nitrogens is 8. The number of rotatable bonds is 8. The molecule has 0 bridgehead atoms. The number of alkyl halides is 1. The molecule has 22 heteroatoms. The molecule has 0 aliphatic carbocycles. The molecule has 9 N–H and O–H groups in total.